The van der Waals surface area contributed by atoms with Gasteiger partial charge >= 0.3 is 0 Å². The first-order chi connectivity index (χ1) is 7.53. The Balaban J connectivity index is 2.39. The van der Waals surface area contributed by atoms with Gasteiger partial charge in [0.05, 0.1) is 5.75 Å². The maximum atomic E-state index is 11.6. The van der Waals surface area contributed by atoms with Crippen LogP contribution in [0.5, 0.6) is 0 Å². The zero-order valence-electron chi connectivity index (χ0n) is 10.1. The molecule has 0 saturated heterocycles. The molecule has 1 aliphatic rings. The van der Waals surface area contributed by atoms with Crippen LogP contribution < -0.4 is 0 Å². The zero-order chi connectivity index (χ0) is 12.0. The summed E-state index contributed by atoms with van der Waals surface area (Å²) in [6.45, 7) is 1.88. The highest BCUT2D eigenvalue weighted by molar-refractivity contribution is 7.91. The normalized spacial score (nSPS) is 23.1. The van der Waals surface area contributed by atoms with Crippen LogP contribution >= 0.6 is 0 Å². The quantitative estimate of drug-likeness (QED) is 0.700. The largest absolute Gasteiger partial charge is 0.300 e. The topological polar surface area (TPSA) is 51.2 Å². The third-order valence-electron chi connectivity index (χ3n) is 3.19. The van der Waals surface area contributed by atoms with Gasteiger partial charge in [0.1, 0.15) is 15.6 Å². The number of carbonyl (C=O) groups excluding carboxylic acids is 1. The highest BCUT2D eigenvalue weighted by Crippen LogP contribution is 2.24. The van der Waals surface area contributed by atoms with Gasteiger partial charge in [-0.05, 0) is 31.6 Å². The standard InChI is InChI=1S/C12H22O3S/c1-2-8-16(14,15)9-7-11-5-3-4-6-12(13)10-11/h11H,2-10H2,1H3. The van der Waals surface area contributed by atoms with E-state index in [9.17, 15) is 13.2 Å². The van der Waals surface area contributed by atoms with E-state index in [0.717, 1.165) is 19.3 Å². The Kier molecular flexibility index (Phi) is 5.46. The van der Waals surface area contributed by atoms with Crippen LogP contribution in [0.15, 0.2) is 0 Å². The van der Waals surface area contributed by atoms with Crippen molar-refractivity contribution in [3.63, 3.8) is 0 Å². The van der Waals surface area contributed by atoms with Crippen molar-refractivity contribution in [2.45, 2.75) is 51.9 Å². The van der Waals surface area contributed by atoms with Crippen LogP contribution in [0.4, 0.5) is 0 Å². The van der Waals surface area contributed by atoms with Crippen molar-refractivity contribution in [3.8, 4) is 0 Å². The van der Waals surface area contributed by atoms with Crippen molar-refractivity contribution in [1.82, 2.24) is 0 Å². The van der Waals surface area contributed by atoms with Crippen LogP contribution in [0.25, 0.3) is 0 Å². The Morgan fingerprint density at radius 1 is 1.25 bits per heavy atom. The van der Waals surface area contributed by atoms with Gasteiger partial charge in [-0.2, -0.15) is 0 Å². The van der Waals surface area contributed by atoms with Gasteiger partial charge in [-0.25, -0.2) is 8.42 Å². The first-order valence-corrected chi connectivity index (χ1v) is 8.08. The third-order valence-corrected chi connectivity index (χ3v) is 5.07. The summed E-state index contributed by atoms with van der Waals surface area (Å²) in [6, 6.07) is 0. The van der Waals surface area contributed by atoms with Crippen LogP contribution in [0, 0.1) is 5.92 Å². The molecule has 0 N–H and O–H groups in total. The fourth-order valence-electron chi connectivity index (χ4n) is 2.29. The van der Waals surface area contributed by atoms with Gasteiger partial charge in [0.15, 0.2) is 0 Å². The lowest BCUT2D eigenvalue weighted by Gasteiger charge is -2.12. The Morgan fingerprint density at radius 2 is 2.00 bits per heavy atom. The average molecular weight is 246 g/mol. The van der Waals surface area contributed by atoms with E-state index in [2.05, 4.69) is 0 Å². The molecule has 3 nitrogen and oxygen atoms in total. The first-order valence-electron chi connectivity index (χ1n) is 6.25. The Bertz CT molecular complexity index is 319. The predicted molar refractivity (Wildman–Crippen MR) is 65.1 cm³/mol. The highest BCUT2D eigenvalue weighted by Gasteiger charge is 2.20. The molecule has 0 aromatic rings. The zero-order valence-corrected chi connectivity index (χ0v) is 10.9. The molecule has 1 unspecified atom stereocenters. The Labute approximate surface area is 98.5 Å². The van der Waals surface area contributed by atoms with Gasteiger partial charge in [-0.1, -0.05) is 13.3 Å². The summed E-state index contributed by atoms with van der Waals surface area (Å²) in [5.41, 5.74) is 0. The number of rotatable bonds is 5. The fourth-order valence-corrected chi connectivity index (χ4v) is 3.81. The van der Waals surface area contributed by atoms with Crippen LogP contribution in [-0.4, -0.2) is 25.7 Å². The second-order valence-corrected chi connectivity index (χ2v) is 7.10. The lowest BCUT2D eigenvalue weighted by Crippen LogP contribution is -2.15. The molecule has 1 aliphatic carbocycles. The van der Waals surface area contributed by atoms with E-state index in [0.29, 0.717) is 37.4 Å². The summed E-state index contributed by atoms with van der Waals surface area (Å²) in [7, 11) is -2.87. The van der Waals surface area contributed by atoms with E-state index in [1.165, 1.54) is 0 Å². The van der Waals surface area contributed by atoms with Gasteiger partial charge in [0, 0.05) is 18.6 Å². The molecule has 0 radical (unpaired) electrons. The summed E-state index contributed by atoms with van der Waals surface area (Å²) in [5.74, 6) is 1.17. The van der Waals surface area contributed by atoms with E-state index < -0.39 is 9.84 Å². The van der Waals surface area contributed by atoms with Crippen molar-refractivity contribution in [3.05, 3.63) is 0 Å². The number of hydrogen-bond donors (Lipinski definition) is 0. The lowest BCUT2D eigenvalue weighted by atomic mass is 9.97. The van der Waals surface area contributed by atoms with E-state index in [-0.39, 0.29) is 11.5 Å². The van der Waals surface area contributed by atoms with Gasteiger partial charge in [0.2, 0.25) is 0 Å². The van der Waals surface area contributed by atoms with Crippen molar-refractivity contribution < 1.29 is 13.2 Å². The molecular weight excluding hydrogens is 224 g/mol. The van der Waals surface area contributed by atoms with E-state index in [1.54, 1.807) is 0 Å². The van der Waals surface area contributed by atoms with Crippen LogP contribution in [0.2, 0.25) is 0 Å². The second-order valence-electron chi connectivity index (χ2n) is 4.80. The summed E-state index contributed by atoms with van der Waals surface area (Å²) in [6.07, 6.45) is 5.73. The summed E-state index contributed by atoms with van der Waals surface area (Å²) in [4.78, 5) is 11.4. The molecule has 1 fully saturated rings. The summed E-state index contributed by atoms with van der Waals surface area (Å²) >= 11 is 0. The Hall–Kier alpha value is -0.380. The number of hydrogen-bond acceptors (Lipinski definition) is 3. The maximum absolute atomic E-state index is 11.6. The minimum atomic E-state index is -2.87. The number of carbonyl (C=O) groups is 1. The molecule has 16 heavy (non-hydrogen) atoms. The molecule has 4 heteroatoms. The molecule has 0 aliphatic heterocycles. The molecular formula is C12H22O3S. The summed E-state index contributed by atoms with van der Waals surface area (Å²) < 4.78 is 23.1. The monoisotopic (exact) mass is 246 g/mol. The number of Topliss-reactive ketones (excluding diaryl/α,β-unsaturated/α-hetero) is 1. The number of ketones is 1. The number of sulfone groups is 1. The molecule has 0 aromatic heterocycles. The SMILES string of the molecule is CCCS(=O)(=O)CCC1CCCCC(=O)C1. The van der Waals surface area contributed by atoms with Gasteiger partial charge in [-0.15, -0.1) is 0 Å². The van der Waals surface area contributed by atoms with Crippen molar-refractivity contribution in [2.24, 2.45) is 5.92 Å². The lowest BCUT2D eigenvalue weighted by molar-refractivity contribution is -0.119. The Morgan fingerprint density at radius 3 is 2.69 bits per heavy atom. The molecule has 0 bridgehead atoms. The highest BCUT2D eigenvalue weighted by atomic mass is 32.2. The van der Waals surface area contributed by atoms with Gasteiger partial charge in [-0.3, -0.25) is 4.79 Å². The van der Waals surface area contributed by atoms with Gasteiger partial charge < -0.3 is 0 Å². The van der Waals surface area contributed by atoms with Crippen molar-refractivity contribution >= 4 is 15.6 Å². The molecule has 0 spiro atoms. The third kappa shape index (κ3) is 5.10. The molecule has 1 rings (SSSR count). The predicted octanol–water partition coefficient (Wildman–Crippen LogP) is 2.35. The smallest absolute Gasteiger partial charge is 0.150 e. The van der Waals surface area contributed by atoms with Gasteiger partial charge in [0.25, 0.3) is 0 Å². The molecule has 0 aromatic carbocycles. The van der Waals surface area contributed by atoms with Crippen LogP contribution in [0.3, 0.4) is 0 Å². The molecule has 0 amide bonds. The molecule has 1 saturated carbocycles. The maximum Gasteiger partial charge on any atom is 0.150 e. The molecule has 0 heterocycles. The van der Waals surface area contributed by atoms with Crippen molar-refractivity contribution in [1.29, 1.82) is 0 Å². The van der Waals surface area contributed by atoms with E-state index in [4.69, 9.17) is 0 Å². The average Bonchev–Trinajstić information content (AvgIpc) is 2.40. The van der Waals surface area contributed by atoms with E-state index in [1.807, 2.05) is 6.92 Å². The van der Waals surface area contributed by atoms with Crippen molar-refractivity contribution in [2.75, 3.05) is 11.5 Å². The van der Waals surface area contributed by atoms with E-state index >= 15 is 0 Å². The summed E-state index contributed by atoms with van der Waals surface area (Å²) in [5, 5.41) is 0. The first kappa shape index (κ1) is 13.7. The fraction of sp³-hybridized carbons (Fsp3) is 0.917. The molecule has 94 valence electrons. The minimum absolute atomic E-state index is 0.263. The van der Waals surface area contributed by atoms with Crippen LogP contribution in [-0.2, 0) is 14.6 Å². The molecule has 1 atom stereocenters. The van der Waals surface area contributed by atoms with Crippen LogP contribution in [0.1, 0.15) is 51.9 Å². The minimum Gasteiger partial charge on any atom is -0.300 e. The second kappa shape index (κ2) is 6.38.